The maximum Gasteiger partial charge on any atom is 0.321 e. The largest absolute Gasteiger partial charge is 0.480 e. The van der Waals surface area contributed by atoms with Crippen LogP contribution in [0.2, 0.25) is 5.02 Å². The molecule has 114 valence electrons. The van der Waals surface area contributed by atoms with E-state index in [0.717, 1.165) is 0 Å². The quantitative estimate of drug-likeness (QED) is 0.829. The normalized spacial score (nSPS) is 12.9. The van der Waals surface area contributed by atoms with Gasteiger partial charge < -0.3 is 5.11 Å². The zero-order valence-corrected chi connectivity index (χ0v) is 13.1. The first-order valence-electron chi connectivity index (χ1n) is 6.12. The second kappa shape index (κ2) is 6.89. The Morgan fingerprint density at radius 1 is 1.48 bits per heavy atom. The van der Waals surface area contributed by atoms with Crippen LogP contribution in [-0.2, 0) is 14.8 Å². The summed E-state index contributed by atoms with van der Waals surface area (Å²) < 4.78 is 26.7. The van der Waals surface area contributed by atoms with E-state index in [1.165, 1.54) is 18.2 Å². The zero-order valence-electron chi connectivity index (χ0n) is 11.5. The SMILES string of the molecule is CC(C)CC(NS(=O)(=O)c1cccc(Cl)c1C#N)C(=O)O. The fourth-order valence-electron chi connectivity index (χ4n) is 1.76. The van der Waals surface area contributed by atoms with Crippen LogP contribution in [0.3, 0.4) is 0 Å². The molecule has 0 aliphatic carbocycles. The Balaban J connectivity index is 3.21. The highest BCUT2D eigenvalue weighted by Gasteiger charge is 2.28. The third kappa shape index (κ3) is 4.43. The molecular weight excluding hydrogens is 316 g/mol. The van der Waals surface area contributed by atoms with E-state index in [9.17, 15) is 13.2 Å². The molecule has 8 heteroatoms. The molecule has 6 nitrogen and oxygen atoms in total. The van der Waals surface area contributed by atoms with Gasteiger partial charge in [0, 0.05) is 0 Å². The van der Waals surface area contributed by atoms with E-state index in [1.807, 2.05) is 0 Å². The van der Waals surface area contributed by atoms with Crippen molar-refractivity contribution in [1.82, 2.24) is 4.72 Å². The number of nitrogens with zero attached hydrogens (tertiary/aromatic N) is 1. The molecule has 0 aromatic heterocycles. The Hall–Kier alpha value is -1.62. The maximum atomic E-state index is 12.3. The van der Waals surface area contributed by atoms with E-state index < -0.39 is 22.0 Å². The fourth-order valence-corrected chi connectivity index (χ4v) is 3.41. The second-order valence-corrected chi connectivity index (χ2v) is 6.96. The van der Waals surface area contributed by atoms with Crippen molar-refractivity contribution in [2.45, 2.75) is 31.2 Å². The van der Waals surface area contributed by atoms with Gasteiger partial charge in [0.1, 0.15) is 17.0 Å². The predicted octanol–water partition coefficient (Wildman–Crippen LogP) is 1.99. The summed E-state index contributed by atoms with van der Waals surface area (Å²) in [5.74, 6) is -1.28. The van der Waals surface area contributed by atoms with Crippen LogP contribution in [0.25, 0.3) is 0 Å². The molecule has 0 fully saturated rings. The van der Waals surface area contributed by atoms with Crippen LogP contribution in [-0.4, -0.2) is 25.5 Å². The van der Waals surface area contributed by atoms with E-state index in [0.29, 0.717) is 0 Å². The number of hydrogen-bond acceptors (Lipinski definition) is 4. The molecule has 1 unspecified atom stereocenters. The number of carboxylic acid groups (broad SMARTS) is 1. The van der Waals surface area contributed by atoms with Crippen molar-refractivity contribution in [2.24, 2.45) is 5.92 Å². The Bertz CT molecular complexity index is 680. The molecule has 0 aliphatic heterocycles. The predicted molar refractivity (Wildman–Crippen MR) is 77.4 cm³/mol. The number of benzene rings is 1. The van der Waals surface area contributed by atoms with Crippen LogP contribution in [0.1, 0.15) is 25.8 Å². The molecule has 1 rings (SSSR count). The molecule has 0 aliphatic rings. The highest BCUT2D eigenvalue weighted by Crippen LogP contribution is 2.23. The Morgan fingerprint density at radius 2 is 2.10 bits per heavy atom. The molecule has 0 saturated heterocycles. The van der Waals surface area contributed by atoms with Crippen LogP contribution >= 0.6 is 11.6 Å². The number of sulfonamides is 1. The average molecular weight is 331 g/mol. The number of nitrogens with one attached hydrogen (secondary N) is 1. The topological polar surface area (TPSA) is 107 Å². The van der Waals surface area contributed by atoms with Gasteiger partial charge in [-0.25, -0.2) is 8.42 Å². The summed E-state index contributed by atoms with van der Waals surface area (Å²) in [5.41, 5.74) is -0.208. The van der Waals surface area contributed by atoms with Gasteiger partial charge in [0.05, 0.1) is 10.6 Å². The summed E-state index contributed by atoms with van der Waals surface area (Å²) in [6.45, 7) is 3.56. The highest BCUT2D eigenvalue weighted by molar-refractivity contribution is 7.89. The Kier molecular flexibility index (Phi) is 5.72. The summed E-state index contributed by atoms with van der Waals surface area (Å²) in [4.78, 5) is 10.8. The number of aliphatic carboxylic acids is 1. The molecule has 1 atom stereocenters. The molecular formula is C13H15ClN2O4S. The van der Waals surface area contributed by atoms with Crippen molar-refractivity contribution in [2.75, 3.05) is 0 Å². The molecule has 1 aromatic carbocycles. The second-order valence-electron chi connectivity index (χ2n) is 4.87. The molecule has 0 saturated carbocycles. The lowest BCUT2D eigenvalue weighted by Crippen LogP contribution is -2.41. The van der Waals surface area contributed by atoms with Crippen molar-refractivity contribution < 1.29 is 18.3 Å². The summed E-state index contributed by atoms with van der Waals surface area (Å²) in [6, 6.07) is 4.44. The minimum Gasteiger partial charge on any atom is -0.480 e. The minimum atomic E-state index is -4.15. The fraction of sp³-hybridized carbons (Fsp3) is 0.385. The van der Waals surface area contributed by atoms with Gasteiger partial charge in [-0.15, -0.1) is 0 Å². The molecule has 2 N–H and O–H groups in total. The smallest absolute Gasteiger partial charge is 0.321 e. The van der Waals surface area contributed by atoms with Gasteiger partial charge in [0.2, 0.25) is 10.0 Å². The summed E-state index contributed by atoms with van der Waals surface area (Å²) in [6.07, 6.45) is 0.136. The van der Waals surface area contributed by atoms with Crippen molar-refractivity contribution in [3.8, 4) is 6.07 Å². The van der Waals surface area contributed by atoms with Gasteiger partial charge in [0.25, 0.3) is 0 Å². The molecule has 0 amide bonds. The third-order valence-corrected chi connectivity index (χ3v) is 4.51. The Morgan fingerprint density at radius 3 is 2.57 bits per heavy atom. The Labute approximate surface area is 128 Å². The molecule has 21 heavy (non-hydrogen) atoms. The molecule has 1 aromatic rings. The van der Waals surface area contributed by atoms with Gasteiger partial charge >= 0.3 is 5.97 Å². The first-order valence-corrected chi connectivity index (χ1v) is 7.99. The number of rotatable bonds is 6. The third-order valence-electron chi connectivity index (χ3n) is 2.68. The maximum absolute atomic E-state index is 12.3. The number of carbonyl (C=O) groups is 1. The van der Waals surface area contributed by atoms with E-state index >= 15 is 0 Å². The summed E-state index contributed by atoms with van der Waals surface area (Å²) in [7, 11) is -4.15. The zero-order chi connectivity index (χ0) is 16.2. The monoisotopic (exact) mass is 330 g/mol. The van der Waals surface area contributed by atoms with Crippen LogP contribution in [0, 0.1) is 17.2 Å². The van der Waals surface area contributed by atoms with Crippen molar-refractivity contribution >= 4 is 27.6 Å². The molecule has 0 radical (unpaired) electrons. The van der Waals surface area contributed by atoms with Crippen LogP contribution in [0.5, 0.6) is 0 Å². The van der Waals surface area contributed by atoms with Crippen LogP contribution in [0.4, 0.5) is 0 Å². The van der Waals surface area contributed by atoms with Crippen molar-refractivity contribution in [3.63, 3.8) is 0 Å². The van der Waals surface area contributed by atoms with E-state index in [-0.39, 0.29) is 27.8 Å². The summed E-state index contributed by atoms with van der Waals surface area (Å²) in [5, 5.41) is 18.1. The molecule has 0 spiro atoms. The number of halogens is 1. The average Bonchev–Trinajstić information content (AvgIpc) is 2.36. The van der Waals surface area contributed by atoms with E-state index in [1.54, 1.807) is 19.9 Å². The van der Waals surface area contributed by atoms with Crippen LogP contribution < -0.4 is 4.72 Å². The number of nitriles is 1. The lowest BCUT2D eigenvalue weighted by Gasteiger charge is -2.17. The number of hydrogen-bond donors (Lipinski definition) is 2. The van der Waals surface area contributed by atoms with Gasteiger partial charge in [-0.1, -0.05) is 31.5 Å². The standard InChI is InChI=1S/C13H15ClN2O4S/c1-8(2)6-11(13(17)18)16-21(19,20)12-5-3-4-10(14)9(12)7-15/h3-5,8,11,16H,6H2,1-2H3,(H,17,18). The van der Waals surface area contributed by atoms with E-state index in [4.69, 9.17) is 22.0 Å². The van der Waals surface area contributed by atoms with E-state index in [2.05, 4.69) is 4.72 Å². The van der Waals surface area contributed by atoms with Crippen molar-refractivity contribution in [1.29, 1.82) is 5.26 Å². The lowest BCUT2D eigenvalue weighted by molar-refractivity contribution is -0.139. The minimum absolute atomic E-state index is 0.00360. The first-order chi connectivity index (χ1) is 9.69. The lowest BCUT2D eigenvalue weighted by atomic mass is 10.1. The first kappa shape index (κ1) is 17.4. The van der Waals surface area contributed by atoms with Crippen LogP contribution in [0.15, 0.2) is 23.1 Å². The van der Waals surface area contributed by atoms with Crippen molar-refractivity contribution in [3.05, 3.63) is 28.8 Å². The summed E-state index contributed by atoms with van der Waals surface area (Å²) >= 11 is 5.79. The molecule has 0 heterocycles. The van der Waals surface area contributed by atoms with Gasteiger partial charge in [0.15, 0.2) is 0 Å². The van der Waals surface area contributed by atoms with Gasteiger partial charge in [-0.2, -0.15) is 9.98 Å². The van der Waals surface area contributed by atoms with Gasteiger partial charge in [-0.05, 0) is 24.5 Å². The highest BCUT2D eigenvalue weighted by atomic mass is 35.5. The number of carboxylic acids is 1. The molecule has 0 bridgehead atoms. The van der Waals surface area contributed by atoms with Gasteiger partial charge in [-0.3, -0.25) is 4.79 Å².